The fourth-order valence-corrected chi connectivity index (χ4v) is 3.41. The molecule has 12 heavy (non-hydrogen) atoms. The standard InChI is InChI=1S/C7H14O3S2/c1-7(4-3-5-10-7)11-6-12(2,8)9/h3-6H2,1-2H3. The minimum Gasteiger partial charge on any atom is -0.365 e. The molecule has 1 aliphatic heterocycles. The molecule has 5 heteroatoms. The topological polar surface area (TPSA) is 43.4 Å². The van der Waals surface area contributed by atoms with Crippen molar-refractivity contribution < 1.29 is 13.2 Å². The first kappa shape index (κ1) is 10.3. The molecule has 1 unspecified atom stereocenters. The third-order valence-corrected chi connectivity index (χ3v) is 4.88. The van der Waals surface area contributed by atoms with Crippen LogP contribution in [0.25, 0.3) is 0 Å². The number of sulfone groups is 1. The van der Waals surface area contributed by atoms with Gasteiger partial charge in [-0.1, -0.05) is 0 Å². The van der Waals surface area contributed by atoms with E-state index in [0.717, 1.165) is 19.4 Å². The van der Waals surface area contributed by atoms with Crippen molar-refractivity contribution >= 4 is 21.6 Å². The quantitative estimate of drug-likeness (QED) is 0.703. The van der Waals surface area contributed by atoms with Crippen LogP contribution in [0, 0.1) is 0 Å². The number of ether oxygens (including phenoxy) is 1. The molecule has 1 saturated heterocycles. The van der Waals surface area contributed by atoms with Crippen LogP contribution in [-0.4, -0.2) is 31.3 Å². The largest absolute Gasteiger partial charge is 0.365 e. The number of thioether (sulfide) groups is 1. The van der Waals surface area contributed by atoms with Crippen molar-refractivity contribution in [3.8, 4) is 0 Å². The summed E-state index contributed by atoms with van der Waals surface area (Å²) in [5.41, 5.74) is 0. The maximum absolute atomic E-state index is 10.9. The second-order valence-electron chi connectivity index (χ2n) is 3.27. The highest BCUT2D eigenvalue weighted by Crippen LogP contribution is 2.36. The number of rotatable bonds is 3. The van der Waals surface area contributed by atoms with Gasteiger partial charge in [0.2, 0.25) is 0 Å². The highest BCUT2D eigenvalue weighted by Gasteiger charge is 2.31. The lowest BCUT2D eigenvalue weighted by Gasteiger charge is -2.21. The summed E-state index contributed by atoms with van der Waals surface area (Å²) in [7, 11) is -2.87. The predicted octanol–water partition coefficient (Wildman–Crippen LogP) is 1.25. The van der Waals surface area contributed by atoms with Crippen LogP contribution in [0.1, 0.15) is 19.8 Å². The van der Waals surface area contributed by atoms with Crippen LogP contribution in [0.2, 0.25) is 0 Å². The fourth-order valence-electron chi connectivity index (χ4n) is 1.10. The zero-order valence-electron chi connectivity index (χ0n) is 7.37. The van der Waals surface area contributed by atoms with Crippen LogP contribution in [0.5, 0.6) is 0 Å². The molecule has 0 amide bonds. The molecule has 0 spiro atoms. The normalized spacial score (nSPS) is 30.8. The lowest BCUT2D eigenvalue weighted by molar-refractivity contribution is 0.0973. The molecule has 0 N–H and O–H groups in total. The molecule has 0 aromatic heterocycles. The van der Waals surface area contributed by atoms with Crippen LogP contribution in [0.3, 0.4) is 0 Å². The molecular formula is C7H14O3S2. The van der Waals surface area contributed by atoms with E-state index in [1.807, 2.05) is 6.92 Å². The van der Waals surface area contributed by atoms with E-state index >= 15 is 0 Å². The second kappa shape index (κ2) is 3.55. The van der Waals surface area contributed by atoms with Crippen LogP contribution in [0.4, 0.5) is 0 Å². The maximum Gasteiger partial charge on any atom is 0.156 e. The van der Waals surface area contributed by atoms with Crippen molar-refractivity contribution in [3.63, 3.8) is 0 Å². The third-order valence-electron chi connectivity index (χ3n) is 1.76. The molecule has 1 fully saturated rings. The molecule has 0 aromatic rings. The molecule has 1 heterocycles. The van der Waals surface area contributed by atoms with Crippen molar-refractivity contribution in [2.75, 3.05) is 17.9 Å². The molecule has 1 atom stereocenters. The van der Waals surface area contributed by atoms with Gasteiger partial charge in [-0.3, -0.25) is 0 Å². The van der Waals surface area contributed by atoms with E-state index in [9.17, 15) is 8.42 Å². The van der Waals surface area contributed by atoms with Gasteiger partial charge in [-0.15, -0.1) is 11.8 Å². The van der Waals surface area contributed by atoms with Gasteiger partial charge < -0.3 is 4.74 Å². The predicted molar refractivity (Wildman–Crippen MR) is 50.9 cm³/mol. The van der Waals surface area contributed by atoms with Gasteiger partial charge in [-0.25, -0.2) is 8.42 Å². The molecule has 0 aromatic carbocycles. The molecule has 1 aliphatic rings. The highest BCUT2D eigenvalue weighted by atomic mass is 32.3. The van der Waals surface area contributed by atoms with E-state index in [-0.39, 0.29) is 10.0 Å². The van der Waals surface area contributed by atoms with Gasteiger partial charge in [0.15, 0.2) is 9.84 Å². The van der Waals surface area contributed by atoms with E-state index < -0.39 is 9.84 Å². The molecule has 0 radical (unpaired) electrons. The summed E-state index contributed by atoms with van der Waals surface area (Å²) in [6, 6.07) is 0. The molecule has 1 rings (SSSR count). The fraction of sp³-hybridized carbons (Fsp3) is 1.00. The third kappa shape index (κ3) is 3.33. The van der Waals surface area contributed by atoms with E-state index in [2.05, 4.69) is 0 Å². The van der Waals surface area contributed by atoms with Crippen LogP contribution in [-0.2, 0) is 14.6 Å². The monoisotopic (exact) mass is 210 g/mol. The van der Waals surface area contributed by atoms with Gasteiger partial charge in [0.1, 0.15) is 4.93 Å². The molecular weight excluding hydrogens is 196 g/mol. The Morgan fingerprint density at radius 3 is 2.67 bits per heavy atom. The first-order chi connectivity index (χ1) is 5.41. The summed E-state index contributed by atoms with van der Waals surface area (Å²) < 4.78 is 27.1. The second-order valence-corrected chi connectivity index (χ2v) is 7.22. The first-order valence-electron chi connectivity index (χ1n) is 3.87. The van der Waals surface area contributed by atoms with E-state index in [4.69, 9.17) is 4.74 Å². The van der Waals surface area contributed by atoms with E-state index in [0.29, 0.717) is 0 Å². The minimum atomic E-state index is -2.87. The summed E-state index contributed by atoms with van der Waals surface area (Å²) >= 11 is 1.38. The zero-order valence-corrected chi connectivity index (χ0v) is 9.00. The molecule has 3 nitrogen and oxygen atoms in total. The summed E-state index contributed by atoms with van der Waals surface area (Å²) in [6.07, 6.45) is 3.23. The van der Waals surface area contributed by atoms with Gasteiger partial charge in [-0.2, -0.15) is 0 Å². The Morgan fingerprint density at radius 2 is 2.25 bits per heavy atom. The average molecular weight is 210 g/mol. The van der Waals surface area contributed by atoms with Crippen LogP contribution < -0.4 is 0 Å². The average Bonchev–Trinajstić information content (AvgIpc) is 2.32. The van der Waals surface area contributed by atoms with Crippen molar-refractivity contribution in [2.45, 2.75) is 24.7 Å². The molecule has 0 bridgehead atoms. The van der Waals surface area contributed by atoms with E-state index in [1.165, 1.54) is 18.0 Å². The van der Waals surface area contributed by atoms with Gasteiger partial charge >= 0.3 is 0 Å². The summed E-state index contributed by atoms with van der Waals surface area (Å²) in [5, 5.41) is 0.156. The van der Waals surface area contributed by atoms with Gasteiger partial charge in [0.25, 0.3) is 0 Å². The Labute approximate surface area is 77.8 Å². The number of hydrogen-bond acceptors (Lipinski definition) is 4. The van der Waals surface area contributed by atoms with Crippen molar-refractivity contribution in [1.29, 1.82) is 0 Å². The highest BCUT2D eigenvalue weighted by molar-refractivity contribution is 8.12. The number of hydrogen-bond donors (Lipinski definition) is 0. The van der Waals surface area contributed by atoms with Gasteiger partial charge in [-0.05, 0) is 19.8 Å². The van der Waals surface area contributed by atoms with Crippen LogP contribution in [0.15, 0.2) is 0 Å². The van der Waals surface area contributed by atoms with Crippen LogP contribution >= 0.6 is 11.8 Å². The summed E-state index contributed by atoms with van der Waals surface area (Å²) in [4.78, 5) is -0.261. The maximum atomic E-state index is 10.9. The van der Waals surface area contributed by atoms with Gasteiger partial charge in [0, 0.05) is 12.9 Å². The molecule has 0 aliphatic carbocycles. The Hall–Kier alpha value is 0.260. The Balaban J connectivity index is 2.41. The lowest BCUT2D eigenvalue weighted by atomic mass is 10.3. The zero-order chi connectivity index (χ0) is 9.24. The van der Waals surface area contributed by atoms with Crippen molar-refractivity contribution in [3.05, 3.63) is 0 Å². The molecule has 72 valence electrons. The Kier molecular flexibility index (Phi) is 3.06. The van der Waals surface area contributed by atoms with E-state index in [1.54, 1.807) is 0 Å². The Morgan fingerprint density at radius 1 is 1.58 bits per heavy atom. The molecule has 0 saturated carbocycles. The van der Waals surface area contributed by atoms with Crippen molar-refractivity contribution in [2.24, 2.45) is 0 Å². The smallest absolute Gasteiger partial charge is 0.156 e. The summed E-state index contributed by atoms with van der Waals surface area (Å²) in [6.45, 7) is 2.71. The first-order valence-corrected chi connectivity index (χ1v) is 6.92. The minimum absolute atomic E-state index is 0.156. The van der Waals surface area contributed by atoms with Crippen molar-refractivity contribution in [1.82, 2.24) is 0 Å². The SMILES string of the molecule is CC1(SCS(C)(=O)=O)CCCO1. The summed E-state index contributed by atoms with van der Waals surface area (Å²) in [5.74, 6) is 0. The lowest BCUT2D eigenvalue weighted by Crippen LogP contribution is -2.20. The van der Waals surface area contributed by atoms with Gasteiger partial charge in [0.05, 0.1) is 5.08 Å². The Bertz CT molecular complexity index is 239.